The van der Waals surface area contributed by atoms with E-state index in [2.05, 4.69) is 5.10 Å². The van der Waals surface area contributed by atoms with E-state index in [4.69, 9.17) is 0 Å². The molecule has 0 bridgehead atoms. The van der Waals surface area contributed by atoms with Gasteiger partial charge in [-0.15, -0.1) is 0 Å². The molecule has 176 valence electrons. The van der Waals surface area contributed by atoms with E-state index >= 15 is 0 Å². The van der Waals surface area contributed by atoms with Gasteiger partial charge in [-0.25, -0.2) is 4.68 Å². The van der Waals surface area contributed by atoms with Crippen LogP contribution in [0, 0.1) is 13.8 Å². The molecule has 0 saturated heterocycles. The molecular formula is C25H29F3N4O. The molecule has 0 unspecified atom stereocenters. The molecule has 3 rings (SSSR count). The van der Waals surface area contributed by atoms with Gasteiger partial charge in [-0.1, -0.05) is 18.2 Å². The lowest BCUT2D eigenvalue weighted by atomic mass is 10.1. The fourth-order valence-electron chi connectivity index (χ4n) is 3.76. The first kappa shape index (κ1) is 24.4. The van der Waals surface area contributed by atoms with Crippen molar-refractivity contribution in [2.24, 2.45) is 0 Å². The molecule has 8 heteroatoms. The quantitative estimate of drug-likeness (QED) is 0.491. The van der Waals surface area contributed by atoms with Crippen LogP contribution in [0.1, 0.15) is 35.0 Å². The van der Waals surface area contributed by atoms with Crippen molar-refractivity contribution < 1.29 is 18.0 Å². The lowest BCUT2D eigenvalue weighted by Gasteiger charge is -2.22. The Balaban J connectivity index is 1.80. The number of likely N-dealkylation sites (N-methyl/N-ethyl adjacent to an activating group) is 1. The van der Waals surface area contributed by atoms with Crippen LogP contribution >= 0.6 is 0 Å². The largest absolute Gasteiger partial charge is 0.416 e. The van der Waals surface area contributed by atoms with E-state index in [0.29, 0.717) is 30.2 Å². The van der Waals surface area contributed by atoms with Gasteiger partial charge in [0.15, 0.2) is 0 Å². The van der Waals surface area contributed by atoms with Crippen molar-refractivity contribution in [1.82, 2.24) is 14.7 Å². The van der Waals surface area contributed by atoms with E-state index in [0.717, 1.165) is 28.9 Å². The van der Waals surface area contributed by atoms with Gasteiger partial charge in [0.2, 0.25) is 5.91 Å². The molecule has 0 saturated carbocycles. The Hall–Kier alpha value is -3.29. The van der Waals surface area contributed by atoms with Gasteiger partial charge in [0.25, 0.3) is 0 Å². The van der Waals surface area contributed by atoms with Gasteiger partial charge < -0.3 is 9.80 Å². The second-order valence-electron chi connectivity index (χ2n) is 8.25. The van der Waals surface area contributed by atoms with E-state index in [9.17, 15) is 18.0 Å². The van der Waals surface area contributed by atoms with Crippen LogP contribution in [0.4, 0.5) is 18.9 Å². The van der Waals surface area contributed by atoms with Crippen molar-refractivity contribution in [3.05, 3.63) is 76.6 Å². The number of amides is 1. The summed E-state index contributed by atoms with van der Waals surface area (Å²) in [4.78, 5) is 16.9. The van der Waals surface area contributed by atoms with Crippen molar-refractivity contribution in [3.8, 4) is 5.69 Å². The summed E-state index contributed by atoms with van der Waals surface area (Å²) in [5.74, 6) is -0.0519. The van der Waals surface area contributed by atoms with E-state index in [1.807, 2.05) is 50.2 Å². The van der Waals surface area contributed by atoms with Crippen molar-refractivity contribution in [1.29, 1.82) is 0 Å². The highest BCUT2D eigenvalue weighted by atomic mass is 19.4. The number of hydrogen-bond acceptors (Lipinski definition) is 3. The van der Waals surface area contributed by atoms with Crippen molar-refractivity contribution in [2.75, 3.05) is 25.5 Å². The number of nitrogens with zero attached hydrogens (tertiary/aromatic N) is 4. The van der Waals surface area contributed by atoms with Crippen LogP contribution in [0.2, 0.25) is 0 Å². The number of hydrogen-bond donors (Lipinski definition) is 0. The topological polar surface area (TPSA) is 41.4 Å². The normalized spacial score (nSPS) is 11.5. The van der Waals surface area contributed by atoms with Crippen molar-refractivity contribution in [2.45, 2.75) is 39.9 Å². The third-order valence-electron chi connectivity index (χ3n) is 5.75. The zero-order chi connectivity index (χ0) is 24.3. The number of carbonyl (C=O) groups is 1. The van der Waals surface area contributed by atoms with Crippen LogP contribution in [0.15, 0.2) is 48.5 Å². The maximum Gasteiger partial charge on any atom is 0.416 e. The lowest BCUT2D eigenvalue weighted by Crippen LogP contribution is -2.31. The molecule has 0 aliphatic heterocycles. The highest BCUT2D eigenvalue weighted by molar-refractivity contribution is 5.79. The van der Waals surface area contributed by atoms with Crippen molar-refractivity contribution in [3.63, 3.8) is 0 Å². The SMILES string of the molecule is CCN(Cc1ccc(N(C)C)cc1)C(=O)Cc1c(C)nn(-c2cccc(C(F)(F)F)c2)c1C. The molecule has 0 atom stereocenters. The summed E-state index contributed by atoms with van der Waals surface area (Å²) in [6.07, 6.45) is -4.29. The number of benzene rings is 2. The van der Waals surface area contributed by atoms with Crippen LogP contribution in [-0.2, 0) is 23.9 Å². The number of anilines is 1. The number of rotatable bonds is 7. The molecule has 0 fully saturated rings. The smallest absolute Gasteiger partial charge is 0.378 e. The third-order valence-corrected chi connectivity index (χ3v) is 5.75. The molecule has 0 aliphatic carbocycles. The molecule has 5 nitrogen and oxygen atoms in total. The van der Waals surface area contributed by atoms with Gasteiger partial charge in [0, 0.05) is 44.1 Å². The summed E-state index contributed by atoms with van der Waals surface area (Å²) in [6, 6.07) is 13.1. The number of carbonyl (C=O) groups excluding carboxylic acids is 1. The zero-order valence-electron chi connectivity index (χ0n) is 19.6. The van der Waals surface area contributed by atoms with E-state index < -0.39 is 11.7 Å². The number of aromatic nitrogens is 2. The minimum absolute atomic E-state index is 0.0519. The van der Waals surface area contributed by atoms with Crippen LogP contribution in [-0.4, -0.2) is 41.2 Å². The lowest BCUT2D eigenvalue weighted by molar-refractivity contribution is -0.137. The fourth-order valence-corrected chi connectivity index (χ4v) is 3.76. The molecule has 1 aromatic heterocycles. The first-order valence-corrected chi connectivity index (χ1v) is 10.8. The predicted octanol–water partition coefficient (Wildman–Crippen LogP) is 5.17. The Bertz CT molecular complexity index is 1120. The standard InChI is InChI=1S/C25H29F3N4O/c1-6-31(16-19-10-12-21(13-11-19)30(4)5)24(33)15-23-17(2)29-32(18(23)3)22-9-7-8-20(14-22)25(26,27)28/h7-14H,6,15-16H2,1-5H3. The summed E-state index contributed by atoms with van der Waals surface area (Å²) in [7, 11) is 3.95. The summed E-state index contributed by atoms with van der Waals surface area (Å²) in [6.45, 7) is 6.52. The zero-order valence-corrected chi connectivity index (χ0v) is 19.6. The second-order valence-corrected chi connectivity index (χ2v) is 8.25. The van der Waals surface area contributed by atoms with Crippen LogP contribution in [0.5, 0.6) is 0 Å². The average molecular weight is 459 g/mol. The third kappa shape index (κ3) is 5.56. The highest BCUT2D eigenvalue weighted by Gasteiger charge is 2.31. The first-order chi connectivity index (χ1) is 15.5. The molecule has 0 radical (unpaired) electrons. The molecule has 1 heterocycles. The number of alkyl halides is 3. The first-order valence-electron chi connectivity index (χ1n) is 10.8. The number of aryl methyl sites for hydroxylation is 1. The van der Waals surface area contributed by atoms with Gasteiger partial charge in [-0.2, -0.15) is 18.3 Å². The van der Waals surface area contributed by atoms with Gasteiger partial charge >= 0.3 is 6.18 Å². The van der Waals surface area contributed by atoms with E-state index in [1.54, 1.807) is 24.8 Å². The van der Waals surface area contributed by atoms with E-state index in [-0.39, 0.29) is 12.3 Å². The molecule has 33 heavy (non-hydrogen) atoms. The Morgan fingerprint density at radius 2 is 1.73 bits per heavy atom. The Morgan fingerprint density at radius 3 is 2.30 bits per heavy atom. The molecule has 1 amide bonds. The minimum Gasteiger partial charge on any atom is -0.378 e. The monoisotopic (exact) mass is 458 g/mol. The van der Waals surface area contributed by atoms with Crippen LogP contribution in [0.25, 0.3) is 5.69 Å². The molecule has 3 aromatic rings. The average Bonchev–Trinajstić information content (AvgIpc) is 3.05. The second kappa shape index (κ2) is 9.68. The maximum absolute atomic E-state index is 13.1. The molecule has 2 aromatic carbocycles. The highest BCUT2D eigenvalue weighted by Crippen LogP contribution is 2.31. The Morgan fingerprint density at radius 1 is 1.06 bits per heavy atom. The predicted molar refractivity (Wildman–Crippen MR) is 124 cm³/mol. The summed E-state index contributed by atoms with van der Waals surface area (Å²) in [5, 5.41) is 4.43. The molecular weight excluding hydrogens is 429 g/mol. The van der Waals surface area contributed by atoms with Gasteiger partial charge in [0.05, 0.1) is 23.4 Å². The maximum atomic E-state index is 13.1. The minimum atomic E-state index is -4.43. The molecule has 0 spiro atoms. The van der Waals surface area contributed by atoms with Crippen molar-refractivity contribution >= 4 is 11.6 Å². The molecule has 0 aliphatic rings. The summed E-state index contributed by atoms with van der Waals surface area (Å²) in [5.41, 5.74) is 3.72. The van der Waals surface area contributed by atoms with Crippen LogP contribution in [0.3, 0.4) is 0 Å². The summed E-state index contributed by atoms with van der Waals surface area (Å²) >= 11 is 0. The Labute approximate surface area is 192 Å². The van der Waals surface area contributed by atoms with Crippen LogP contribution < -0.4 is 4.90 Å². The molecule has 0 N–H and O–H groups in total. The van der Waals surface area contributed by atoms with Gasteiger partial charge in [-0.05, 0) is 56.7 Å². The van der Waals surface area contributed by atoms with E-state index in [1.165, 1.54) is 10.7 Å². The fraction of sp³-hybridized carbons (Fsp3) is 0.360. The summed E-state index contributed by atoms with van der Waals surface area (Å²) < 4.78 is 40.9. The van der Waals surface area contributed by atoms with Gasteiger partial charge in [0.1, 0.15) is 0 Å². The Kier molecular flexibility index (Phi) is 7.15. The van der Waals surface area contributed by atoms with Gasteiger partial charge in [-0.3, -0.25) is 4.79 Å². The number of halogens is 3.